The first-order valence-electron chi connectivity index (χ1n) is 2.43. The summed E-state index contributed by atoms with van der Waals surface area (Å²) in [5.41, 5.74) is 5.51. The third kappa shape index (κ3) is 1.27. The molecule has 0 unspecified atom stereocenters. The minimum Gasteiger partial charge on any atom is -0.382 e. The number of nitrogen functional groups attached to an aromatic ring is 1. The first kappa shape index (κ1) is 7.49. The van der Waals surface area contributed by atoms with Crippen LogP contribution < -0.4 is 5.73 Å². The van der Waals surface area contributed by atoms with Gasteiger partial charge in [0.25, 0.3) is 0 Å². The molecule has 6 heteroatoms. The third-order valence-electron chi connectivity index (χ3n) is 0.938. The van der Waals surface area contributed by atoms with Crippen LogP contribution in [0.2, 0.25) is 0 Å². The van der Waals surface area contributed by atoms with Gasteiger partial charge in [-0.1, -0.05) is 0 Å². The fraction of sp³-hybridized carbons (Fsp3) is 0. The van der Waals surface area contributed by atoms with E-state index >= 15 is 0 Å². The van der Waals surface area contributed by atoms with E-state index in [1.54, 1.807) is 6.20 Å². The van der Waals surface area contributed by atoms with Crippen molar-refractivity contribution in [3.63, 3.8) is 0 Å². The summed E-state index contributed by atoms with van der Waals surface area (Å²) in [7, 11) is 0. The smallest absolute Gasteiger partial charge is 0.144 e. The number of rotatable bonds is 1. The molecule has 1 rings (SSSR count). The van der Waals surface area contributed by atoms with Crippen LogP contribution in [0, 0.1) is 5.41 Å². The predicted octanol–water partition coefficient (Wildman–Crippen LogP) is 0.149. The van der Waals surface area contributed by atoms with E-state index in [-0.39, 0.29) is 5.84 Å². The second-order valence-corrected chi connectivity index (χ2v) is 2.59. The van der Waals surface area contributed by atoms with Gasteiger partial charge in [0.1, 0.15) is 11.5 Å². The molecule has 0 aromatic carbocycles. The van der Waals surface area contributed by atoms with Crippen molar-refractivity contribution in [1.29, 1.82) is 5.41 Å². The Hall–Kier alpha value is -0.620. The monoisotopic (exact) mass is 174 g/mol. The van der Waals surface area contributed by atoms with Crippen molar-refractivity contribution in [3.05, 3.63) is 11.9 Å². The quantitative estimate of drug-likeness (QED) is 0.278. The number of aromatic nitrogens is 2. The normalized spacial score (nSPS) is 9.80. The molecule has 1 aromatic heterocycles. The maximum absolute atomic E-state index is 7.01. The molecule has 0 aliphatic carbocycles. The summed E-state index contributed by atoms with van der Waals surface area (Å²) in [4.78, 5) is 0.558. The summed E-state index contributed by atoms with van der Waals surface area (Å²) in [6.07, 6.45) is 1.56. The Morgan fingerprint density at radius 1 is 1.80 bits per heavy atom. The molecule has 0 bridgehead atoms. The summed E-state index contributed by atoms with van der Waals surface area (Å²) in [6.45, 7) is 0. The summed E-state index contributed by atoms with van der Waals surface area (Å²) in [5, 5.41) is 10.8. The van der Waals surface area contributed by atoms with Crippen LogP contribution in [0.4, 0.5) is 0 Å². The van der Waals surface area contributed by atoms with E-state index in [0.717, 1.165) is 0 Å². The van der Waals surface area contributed by atoms with Crippen LogP contribution >= 0.6 is 25.4 Å². The largest absolute Gasteiger partial charge is 0.382 e. The van der Waals surface area contributed by atoms with Gasteiger partial charge in [-0.25, -0.2) is 4.09 Å². The lowest BCUT2D eigenvalue weighted by molar-refractivity contribution is 1.01. The molecule has 0 radical (unpaired) electrons. The van der Waals surface area contributed by atoms with E-state index in [9.17, 15) is 0 Å². The Kier molecular flexibility index (Phi) is 1.91. The van der Waals surface area contributed by atoms with E-state index in [1.165, 1.54) is 4.09 Å². The lowest BCUT2D eigenvalue weighted by atomic mass is 10.4. The van der Waals surface area contributed by atoms with Crippen molar-refractivity contribution in [2.45, 2.75) is 4.90 Å². The molecular weight excluding hydrogens is 168 g/mol. The van der Waals surface area contributed by atoms with Gasteiger partial charge in [-0.3, -0.25) is 5.41 Å². The molecular formula is C4H6N4S2. The molecule has 4 nitrogen and oxygen atoms in total. The third-order valence-corrected chi connectivity index (χ3v) is 1.47. The van der Waals surface area contributed by atoms with Gasteiger partial charge in [0.15, 0.2) is 0 Å². The molecule has 0 fully saturated rings. The lowest BCUT2D eigenvalue weighted by Crippen LogP contribution is -2.12. The molecule has 3 N–H and O–H groups in total. The SMILES string of the molecule is N=C(N)c1nn(S)cc1S. The van der Waals surface area contributed by atoms with Gasteiger partial charge in [-0.2, -0.15) is 5.10 Å². The molecule has 0 amide bonds. The van der Waals surface area contributed by atoms with Crippen LogP contribution in [-0.4, -0.2) is 15.0 Å². The second-order valence-electron chi connectivity index (χ2n) is 1.70. The highest BCUT2D eigenvalue weighted by Crippen LogP contribution is 2.10. The molecule has 0 saturated heterocycles. The summed E-state index contributed by atoms with van der Waals surface area (Å²) in [5.74, 6) is -0.0993. The van der Waals surface area contributed by atoms with Gasteiger partial charge >= 0.3 is 0 Å². The minimum atomic E-state index is -0.0993. The highest BCUT2D eigenvalue weighted by Gasteiger charge is 2.05. The molecule has 0 aliphatic rings. The summed E-state index contributed by atoms with van der Waals surface area (Å²) in [6, 6.07) is 0. The van der Waals surface area contributed by atoms with Crippen LogP contribution in [0.5, 0.6) is 0 Å². The number of nitrogens with zero attached hydrogens (tertiary/aromatic N) is 2. The number of thiol groups is 2. The zero-order chi connectivity index (χ0) is 7.72. The predicted molar refractivity (Wildman–Crippen MR) is 44.9 cm³/mol. The first-order chi connectivity index (χ1) is 4.61. The number of hydrogen-bond acceptors (Lipinski definition) is 4. The van der Waals surface area contributed by atoms with Crippen LogP contribution in [0.25, 0.3) is 0 Å². The Labute approximate surface area is 68.9 Å². The van der Waals surface area contributed by atoms with E-state index in [1.807, 2.05) is 0 Å². The highest BCUT2D eigenvalue weighted by molar-refractivity contribution is 7.80. The zero-order valence-electron chi connectivity index (χ0n) is 4.94. The van der Waals surface area contributed by atoms with Crippen molar-refractivity contribution in [2.75, 3.05) is 0 Å². The minimum absolute atomic E-state index is 0.0993. The van der Waals surface area contributed by atoms with Gasteiger partial charge in [0, 0.05) is 0 Å². The van der Waals surface area contributed by atoms with Crippen LogP contribution in [0.1, 0.15) is 5.69 Å². The highest BCUT2D eigenvalue weighted by atomic mass is 32.1. The van der Waals surface area contributed by atoms with Crippen molar-refractivity contribution < 1.29 is 0 Å². The molecule has 10 heavy (non-hydrogen) atoms. The fourth-order valence-electron chi connectivity index (χ4n) is 0.545. The van der Waals surface area contributed by atoms with Gasteiger partial charge in [0.2, 0.25) is 0 Å². The van der Waals surface area contributed by atoms with E-state index in [0.29, 0.717) is 10.6 Å². The Morgan fingerprint density at radius 2 is 2.40 bits per heavy atom. The van der Waals surface area contributed by atoms with Crippen LogP contribution in [-0.2, 0) is 0 Å². The Morgan fingerprint density at radius 3 is 2.60 bits per heavy atom. The van der Waals surface area contributed by atoms with Crippen LogP contribution in [0.15, 0.2) is 11.1 Å². The summed E-state index contributed by atoms with van der Waals surface area (Å²) >= 11 is 7.88. The van der Waals surface area contributed by atoms with Crippen molar-refractivity contribution in [1.82, 2.24) is 9.19 Å². The second kappa shape index (κ2) is 2.55. The van der Waals surface area contributed by atoms with E-state index < -0.39 is 0 Å². The first-order valence-corrected chi connectivity index (χ1v) is 3.28. The van der Waals surface area contributed by atoms with Gasteiger partial charge in [-0.05, 0) is 12.8 Å². The van der Waals surface area contributed by atoms with Crippen molar-refractivity contribution in [2.24, 2.45) is 5.73 Å². The average molecular weight is 174 g/mol. The summed E-state index contributed by atoms with van der Waals surface area (Å²) < 4.78 is 1.26. The molecule has 0 spiro atoms. The van der Waals surface area contributed by atoms with E-state index in [4.69, 9.17) is 11.1 Å². The van der Waals surface area contributed by atoms with Gasteiger partial charge < -0.3 is 5.73 Å². The Balaban J connectivity index is 3.15. The molecule has 1 aromatic rings. The maximum Gasteiger partial charge on any atom is 0.144 e. The topological polar surface area (TPSA) is 67.7 Å². The fourth-order valence-corrected chi connectivity index (χ4v) is 1.12. The van der Waals surface area contributed by atoms with Crippen molar-refractivity contribution >= 4 is 31.3 Å². The number of amidine groups is 1. The molecule has 0 aliphatic heterocycles. The van der Waals surface area contributed by atoms with Crippen LogP contribution in [0.3, 0.4) is 0 Å². The number of hydrogen-bond donors (Lipinski definition) is 4. The number of nitrogens with two attached hydrogens (primary N) is 1. The maximum atomic E-state index is 7.01. The van der Waals surface area contributed by atoms with Gasteiger partial charge in [0.05, 0.1) is 11.1 Å². The zero-order valence-corrected chi connectivity index (χ0v) is 6.73. The van der Waals surface area contributed by atoms with E-state index in [2.05, 4.69) is 30.5 Å². The number of nitrogens with one attached hydrogen (secondary N) is 1. The standard InChI is InChI=1S/C4H6N4S2/c5-4(6)3-2(9)1-8(10)7-3/h1,9-10H,(H3,5,6). The molecule has 0 saturated carbocycles. The molecule has 1 heterocycles. The van der Waals surface area contributed by atoms with Crippen molar-refractivity contribution in [3.8, 4) is 0 Å². The lowest BCUT2D eigenvalue weighted by Gasteiger charge is -1.89. The van der Waals surface area contributed by atoms with Gasteiger partial charge in [-0.15, -0.1) is 12.6 Å². The average Bonchev–Trinajstić information content (AvgIpc) is 2.10. The Bertz CT molecular complexity index is 266. The molecule has 0 atom stereocenters. The molecule has 54 valence electrons.